The molecule has 182 valence electrons. The van der Waals surface area contributed by atoms with E-state index in [-0.39, 0.29) is 21.3 Å². The van der Waals surface area contributed by atoms with Crippen molar-refractivity contribution >= 4 is 38.9 Å². The van der Waals surface area contributed by atoms with Crippen LogP contribution in [0.5, 0.6) is 11.5 Å². The molecular weight excluding hydrogens is 527 g/mol. The van der Waals surface area contributed by atoms with E-state index in [9.17, 15) is 13.7 Å². The summed E-state index contributed by atoms with van der Waals surface area (Å²) in [4.78, 5) is 6.71. The van der Waals surface area contributed by atoms with Crippen LogP contribution in [0.1, 0.15) is 5.56 Å². The molecule has 0 atom stereocenters. The standard InChI is InChI=1S/C26H17N5O3S3/c27-15-20-12-21(37(32,33)31-26-29-16-30-36-26)7-9-23(20)34-24-8-6-18(17-4-2-1-3-5-17)13-22(24)19-10-11-28-25(35)14-19/h1-14,16H,(H,28,35)(H,29,30,31). The molecule has 2 aromatic heterocycles. The number of nitriles is 1. The quantitative estimate of drug-likeness (QED) is 0.228. The summed E-state index contributed by atoms with van der Waals surface area (Å²) >= 11 is 6.23. The third kappa shape index (κ3) is 5.41. The van der Waals surface area contributed by atoms with Crippen LogP contribution in [0.25, 0.3) is 22.3 Å². The first-order valence-electron chi connectivity index (χ1n) is 10.8. The topological polar surface area (TPSA) is 121 Å². The maximum Gasteiger partial charge on any atom is 0.263 e. The maximum atomic E-state index is 12.7. The Labute approximate surface area is 222 Å². The SMILES string of the molecule is N#Cc1cc(S(=O)(=O)Nc2ncns2)ccc1Oc1ccc(-c2ccccc2)cc1-c1cc[nH]c(=S)c1. The lowest BCUT2D eigenvalue weighted by atomic mass is 9.98. The van der Waals surface area contributed by atoms with E-state index in [1.54, 1.807) is 6.20 Å². The van der Waals surface area contributed by atoms with Crippen molar-refractivity contribution in [3.05, 3.63) is 102 Å². The molecule has 0 aliphatic heterocycles. The smallest absolute Gasteiger partial charge is 0.263 e. The molecule has 0 spiro atoms. The number of benzene rings is 3. The zero-order valence-corrected chi connectivity index (χ0v) is 21.4. The van der Waals surface area contributed by atoms with Gasteiger partial charge in [0.25, 0.3) is 10.0 Å². The highest BCUT2D eigenvalue weighted by Gasteiger charge is 2.19. The van der Waals surface area contributed by atoms with Gasteiger partial charge in [-0.25, -0.2) is 13.4 Å². The Hall–Kier alpha value is -4.37. The van der Waals surface area contributed by atoms with E-state index in [2.05, 4.69) is 19.1 Å². The van der Waals surface area contributed by atoms with Gasteiger partial charge in [-0.3, -0.25) is 4.72 Å². The molecular formula is C26H17N5O3S3. The van der Waals surface area contributed by atoms with Gasteiger partial charge < -0.3 is 9.72 Å². The first-order chi connectivity index (χ1) is 17.9. The van der Waals surface area contributed by atoms with Gasteiger partial charge in [0.1, 0.15) is 28.5 Å². The first kappa shape index (κ1) is 24.3. The molecule has 0 radical (unpaired) electrons. The molecule has 2 N–H and O–H groups in total. The van der Waals surface area contributed by atoms with Gasteiger partial charge in [0.2, 0.25) is 5.13 Å². The third-order valence-electron chi connectivity index (χ3n) is 5.36. The molecule has 0 saturated carbocycles. The number of hydrogen-bond donors (Lipinski definition) is 2. The molecule has 37 heavy (non-hydrogen) atoms. The second kappa shape index (κ2) is 10.3. The van der Waals surface area contributed by atoms with Gasteiger partial charge in [-0.05, 0) is 59.2 Å². The van der Waals surface area contributed by atoms with Crippen molar-refractivity contribution in [3.63, 3.8) is 0 Å². The minimum atomic E-state index is -3.96. The van der Waals surface area contributed by atoms with Crippen molar-refractivity contribution in [2.24, 2.45) is 0 Å². The third-order valence-corrected chi connectivity index (χ3v) is 7.64. The number of nitrogens with zero attached hydrogens (tertiary/aromatic N) is 3. The minimum Gasteiger partial charge on any atom is -0.455 e. The van der Waals surface area contributed by atoms with Crippen molar-refractivity contribution in [2.45, 2.75) is 4.90 Å². The Morgan fingerprint density at radius 1 is 0.946 bits per heavy atom. The van der Waals surface area contributed by atoms with Gasteiger partial charge in [-0.15, -0.1) is 0 Å². The fraction of sp³-hybridized carbons (Fsp3) is 0. The number of hydrogen-bond acceptors (Lipinski definition) is 8. The fourth-order valence-corrected chi connectivity index (χ4v) is 5.51. The van der Waals surface area contributed by atoms with Gasteiger partial charge in [0.15, 0.2) is 0 Å². The monoisotopic (exact) mass is 543 g/mol. The number of pyridine rings is 1. The minimum absolute atomic E-state index is 0.0589. The van der Waals surface area contributed by atoms with Gasteiger partial charge >= 0.3 is 0 Å². The molecule has 0 saturated heterocycles. The second-order valence-corrected chi connectivity index (χ2v) is 10.6. The van der Waals surface area contributed by atoms with Gasteiger partial charge in [0.05, 0.1) is 10.5 Å². The molecule has 5 aromatic rings. The van der Waals surface area contributed by atoms with Gasteiger partial charge in [-0.1, -0.05) is 48.6 Å². The lowest BCUT2D eigenvalue weighted by Crippen LogP contribution is -2.13. The van der Waals surface area contributed by atoms with Gasteiger partial charge in [-0.2, -0.15) is 9.64 Å². The summed E-state index contributed by atoms with van der Waals surface area (Å²) in [5, 5.41) is 9.90. The Bertz CT molecular complexity index is 1780. The molecule has 0 aliphatic carbocycles. The van der Waals surface area contributed by atoms with Crippen LogP contribution in [-0.2, 0) is 10.0 Å². The normalized spacial score (nSPS) is 11.0. The highest BCUT2D eigenvalue weighted by atomic mass is 32.2. The van der Waals surface area contributed by atoms with Crippen molar-refractivity contribution in [3.8, 4) is 39.8 Å². The summed E-state index contributed by atoms with van der Waals surface area (Å²) < 4.78 is 38.4. The average molecular weight is 544 g/mol. The summed E-state index contributed by atoms with van der Waals surface area (Å²) in [6.07, 6.45) is 3.00. The van der Waals surface area contributed by atoms with Crippen LogP contribution in [0.4, 0.5) is 5.13 Å². The largest absolute Gasteiger partial charge is 0.455 e. The number of nitrogens with one attached hydrogen (secondary N) is 2. The Balaban J connectivity index is 1.54. The van der Waals surface area contributed by atoms with Crippen LogP contribution < -0.4 is 9.46 Å². The highest BCUT2D eigenvalue weighted by Crippen LogP contribution is 2.38. The molecule has 0 amide bonds. The van der Waals surface area contributed by atoms with Crippen LogP contribution in [0.15, 0.2) is 96.3 Å². The summed E-state index contributed by atoms with van der Waals surface area (Å²) in [6, 6.07) is 25.5. The zero-order chi connectivity index (χ0) is 25.8. The van der Waals surface area contributed by atoms with Crippen LogP contribution >= 0.6 is 23.8 Å². The molecule has 3 aromatic carbocycles. The molecule has 0 aliphatic rings. The van der Waals surface area contributed by atoms with Crippen LogP contribution in [0.2, 0.25) is 0 Å². The van der Waals surface area contributed by atoms with Crippen LogP contribution in [-0.4, -0.2) is 22.8 Å². The molecule has 5 rings (SSSR count). The van der Waals surface area contributed by atoms with E-state index in [4.69, 9.17) is 17.0 Å². The number of anilines is 1. The average Bonchev–Trinajstić information content (AvgIpc) is 3.42. The Morgan fingerprint density at radius 3 is 2.49 bits per heavy atom. The Kier molecular flexibility index (Phi) is 6.78. The van der Waals surface area contributed by atoms with Crippen molar-refractivity contribution in [1.29, 1.82) is 5.26 Å². The van der Waals surface area contributed by atoms with Crippen molar-refractivity contribution in [2.75, 3.05) is 4.72 Å². The number of sulfonamides is 1. The molecule has 11 heteroatoms. The van der Waals surface area contributed by atoms with Crippen molar-refractivity contribution in [1.82, 2.24) is 14.3 Å². The lowest BCUT2D eigenvalue weighted by Gasteiger charge is -2.15. The van der Waals surface area contributed by atoms with Crippen molar-refractivity contribution < 1.29 is 13.2 Å². The number of ether oxygens (including phenoxy) is 1. The lowest BCUT2D eigenvalue weighted by molar-refractivity contribution is 0.482. The van der Waals surface area contributed by atoms with E-state index in [0.717, 1.165) is 33.8 Å². The predicted octanol–water partition coefficient (Wildman–Crippen LogP) is 6.39. The molecule has 0 unspecified atom stereocenters. The summed E-state index contributed by atoms with van der Waals surface area (Å²) in [7, 11) is -3.96. The summed E-state index contributed by atoms with van der Waals surface area (Å²) in [6.45, 7) is 0. The summed E-state index contributed by atoms with van der Waals surface area (Å²) in [5.74, 6) is 0.701. The molecule has 8 nitrogen and oxygen atoms in total. The zero-order valence-electron chi connectivity index (χ0n) is 19.0. The fourth-order valence-electron chi connectivity index (χ4n) is 3.63. The number of aromatic amines is 1. The highest BCUT2D eigenvalue weighted by molar-refractivity contribution is 7.93. The van der Waals surface area contributed by atoms with E-state index in [0.29, 0.717) is 10.4 Å². The van der Waals surface area contributed by atoms with Crippen LogP contribution in [0.3, 0.4) is 0 Å². The molecule has 0 bridgehead atoms. The van der Waals surface area contributed by atoms with E-state index < -0.39 is 10.0 Å². The van der Waals surface area contributed by atoms with E-state index >= 15 is 0 Å². The molecule has 0 fully saturated rings. The van der Waals surface area contributed by atoms with Gasteiger partial charge in [0, 0.05) is 23.3 Å². The summed E-state index contributed by atoms with van der Waals surface area (Å²) in [5.41, 5.74) is 3.66. The van der Waals surface area contributed by atoms with Crippen LogP contribution in [0, 0.1) is 16.0 Å². The number of aromatic nitrogens is 3. The number of rotatable bonds is 7. The Morgan fingerprint density at radius 2 is 1.76 bits per heavy atom. The molecule has 2 heterocycles. The second-order valence-electron chi connectivity index (χ2n) is 7.74. The van der Waals surface area contributed by atoms with E-state index in [1.165, 1.54) is 24.5 Å². The van der Waals surface area contributed by atoms with E-state index in [1.807, 2.05) is 66.7 Å². The number of H-pyrrole nitrogens is 1. The first-order valence-corrected chi connectivity index (χ1v) is 13.5. The predicted molar refractivity (Wildman–Crippen MR) is 144 cm³/mol. The maximum absolute atomic E-state index is 12.7.